The van der Waals surface area contributed by atoms with Crippen LogP contribution in [0.5, 0.6) is 5.75 Å². The molecule has 7 nitrogen and oxygen atoms in total. The van der Waals surface area contributed by atoms with Crippen molar-refractivity contribution < 1.29 is 19.1 Å². The number of benzene rings is 3. The van der Waals surface area contributed by atoms with Crippen LogP contribution in [0.1, 0.15) is 35.3 Å². The maximum atomic E-state index is 13.2. The van der Waals surface area contributed by atoms with Gasteiger partial charge < -0.3 is 15.4 Å². The molecule has 1 aliphatic rings. The molecular formula is C27H27N3O4. The number of fused-ring (bicyclic) bond motifs is 1. The third kappa shape index (κ3) is 4.64. The molecule has 0 bridgehead atoms. The van der Waals surface area contributed by atoms with Gasteiger partial charge in [0.2, 0.25) is 5.91 Å². The van der Waals surface area contributed by atoms with E-state index in [1.807, 2.05) is 56.3 Å². The zero-order valence-electron chi connectivity index (χ0n) is 19.6. The Hall–Kier alpha value is -4.13. The summed E-state index contributed by atoms with van der Waals surface area (Å²) >= 11 is 0. The normalized spacial score (nSPS) is 14.1. The molecule has 0 aromatic heterocycles. The van der Waals surface area contributed by atoms with Gasteiger partial charge in [0, 0.05) is 16.9 Å². The Morgan fingerprint density at radius 1 is 0.882 bits per heavy atom. The largest absolute Gasteiger partial charge is 0.476 e. The van der Waals surface area contributed by atoms with E-state index in [0.29, 0.717) is 28.4 Å². The van der Waals surface area contributed by atoms with E-state index in [-0.39, 0.29) is 24.3 Å². The smallest absolute Gasteiger partial charge is 0.271 e. The summed E-state index contributed by atoms with van der Waals surface area (Å²) in [5.41, 5.74) is 2.81. The minimum absolute atomic E-state index is 0.212. The van der Waals surface area contributed by atoms with Crippen LogP contribution in [0.2, 0.25) is 0 Å². The molecule has 2 N–H and O–H groups in total. The lowest BCUT2D eigenvalue weighted by Crippen LogP contribution is -2.54. The summed E-state index contributed by atoms with van der Waals surface area (Å²) in [6.45, 7) is 6.90. The van der Waals surface area contributed by atoms with Gasteiger partial charge in [-0.2, -0.15) is 0 Å². The Morgan fingerprint density at radius 3 is 2.09 bits per heavy atom. The maximum Gasteiger partial charge on any atom is 0.271 e. The fourth-order valence-electron chi connectivity index (χ4n) is 3.82. The van der Waals surface area contributed by atoms with Crippen molar-refractivity contribution in [3.05, 3.63) is 83.4 Å². The molecule has 0 fully saturated rings. The van der Waals surface area contributed by atoms with Crippen molar-refractivity contribution >= 4 is 34.8 Å². The summed E-state index contributed by atoms with van der Waals surface area (Å²) in [6, 6.07) is 19.8. The zero-order valence-corrected chi connectivity index (χ0v) is 19.6. The van der Waals surface area contributed by atoms with E-state index in [4.69, 9.17) is 4.74 Å². The van der Waals surface area contributed by atoms with Crippen molar-refractivity contribution in [1.82, 2.24) is 0 Å². The number of hydrogen-bond donors (Lipinski definition) is 2. The molecule has 0 atom stereocenters. The molecule has 1 aliphatic heterocycles. The number of nitrogens with one attached hydrogen (secondary N) is 2. The average molecular weight is 458 g/mol. The Bertz CT molecular complexity index is 1280. The van der Waals surface area contributed by atoms with Crippen LogP contribution in [0, 0.1) is 13.8 Å². The number of amides is 3. The van der Waals surface area contributed by atoms with Crippen molar-refractivity contribution in [3.63, 3.8) is 0 Å². The lowest BCUT2D eigenvalue weighted by Gasteiger charge is -2.38. The summed E-state index contributed by atoms with van der Waals surface area (Å²) in [6.07, 6.45) is 0. The maximum absolute atomic E-state index is 13.2. The first kappa shape index (κ1) is 23.0. The third-order valence-corrected chi connectivity index (χ3v) is 5.75. The van der Waals surface area contributed by atoms with E-state index in [1.54, 1.807) is 38.1 Å². The number of carbonyl (C=O) groups excluding carboxylic acids is 3. The fourth-order valence-corrected chi connectivity index (χ4v) is 3.82. The minimum Gasteiger partial charge on any atom is -0.476 e. The number of aryl methyl sites for hydroxylation is 2. The van der Waals surface area contributed by atoms with Gasteiger partial charge in [0.25, 0.3) is 11.8 Å². The molecule has 34 heavy (non-hydrogen) atoms. The average Bonchev–Trinajstić information content (AvgIpc) is 2.79. The van der Waals surface area contributed by atoms with E-state index in [0.717, 1.165) is 11.1 Å². The van der Waals surface area contributed by atoms with E-state index < -0.39 is 5.60 Å². The first-order valence-electron chi connectivity index (χ1n) is 11.0. The number of nitrogens with zero attached hydrogens (tertiary/aromatic N) is 1. The van der Waals surface area contributed by atoms with Crippen LogP contribution in [0.25, 0.3) is 0 Å². The highest BCUT2D eigenvalue weighted by molar-refractivity contribution is 6.10. The van der Waals surface area contributed by atoms with E-state index in [2.05, 4.69) is 10.6 Å². The first-order chi connectivity index (χ1) is 16.2. The number of ether oxygens (including phenoxy) is 1. The van der Waals surface area contributed by atoms with Crippen molar-refractivity contribution in [2.75, 3.05) is 22.1 Å². The van der Waals surface area contributed by atoms with Gasteiger partial charge >= 0.3 is 0 Å². The SMILES string of the molecule is Cc1ccccc1NC(=O)CN1C(=O)C(C)(C)Oc2ccc(C(=O)Nc3ccccc3C)cc21. The molecule has 4 rings (SSSR count). The van der Waals surface area contributed by atoms with Crippen LogP contribution in [-0.4, -0.2) is 29.9 Å². The third-order valence-electron chi connectivity index (χ3n) is 5.75. The van der Waals surface area contributed by atoms with Crippen molar-refractivity contribution in [2.24, 2.45) is 0 Å². The quantitative estimate of drug-likeness (QED) is 0.581. The molecular weight excluding hydrogens is 430 g/mol. The predicted octanol–water partition coefficient (Wildman–Crippen LogP) is 4.70. The molecule has 0 saturated carbocycles. The van der Waals surface area contributed by atoms with E-state index in [9.17, 15) is 14.4 Å². The summed E-state index contributed by atoms with van der Waals surface area (Å²) in [7, 11) is 0. The highest BCUT2D eigenvalue weighted by Gasteiger charge is 2.42. The Morgan fingerprint density at radius 2 is 1.47 bits per heavy atom. The van der Waals surface area contributed by atoms with Crippen LogP contribution in [0.15, 0.2) is 66.7 Å². The second-order valence-corrected chi connectivity index (χ2v) is 8.82. The van der Waals surface area contributed by atoms with Gasteiger partial charge in [-0.3, -0.25) is 19.3 Å². The number of anilines is 3. The van der Waals surface area contributed by atoms with Gasteiger partial charge in [-0.25, -0.2) is 0 Å². The molecule has 3 amide bonds. The summed E-state index contributed by atoms with van der Waals surface area (Å²) in [5.74, 6) is -0.600. The van der Waals surface area contributed by atoms with Crippen LogP contribution in [0.3, 0.4) is 0 Å². The molecule has 0 saturated heterocycles. The van der Waals surface area contributed by atoms with Crippen molar-refractivity contribution in [3.8, 4) is 5.75 Å². The molecule has 0 unspecified atom stereocenters. The molecule has 7 heteroatoms. The molecule has 1 heterocycles. The molecule has 0 aliphatic carbocycles. The molecule has 3 aromatic rings. The lowest BCUT2D eigenvalue weighted by molar-refractivity contribution is -0.133. The van der Waals surface area contributed by atoms with Crippen molar-refractivity contribution in [1.29, 1.82) is 0 Å². The fraction of sp³-hybridized carbons (Fsp3) is 0.222. The van der Waals surface area contributed by atoms with Crippen LogP contribution in [-0.2, 0) is 9.59 Å². The summed E-state index contributed by atoms with van der Waals surface area (Å²) < 4.78 is 5.90. The van der Waals surface area contributed by atoms with Crippen LogP contribution in [0.4, 0.5) is 17.1 Å². The molecule has 0 spiro atoms. The van der Waals surface area contributed by atoms with Crippen molar-refractivity contribution in [2.45, 2.75) is 33.3 Å². The van der Waals surface area contributed by atoms with Gasteiger partial charge in [0.1, 0.15) is 12.3 Å². The Kier molecular flexibility index (Phi) is 6.11. The van der Waals surface area contributed by atoms with Crippen LogP contribution < -0.4 is 20.3 Å². The highest BCUT2D eigenvalue weighted by Crippen LogP contribution is 2.38. The number of hydrogen-bond acceptors (Lipinski definition) is 4. The van der Waals surface area contributed by atoms with Gasteiger partial charge in [-0.05, 0) is 69.2 Å². The Labute approximate surface area is 198 Å². The summed E-state index contributed by atoms with van der Waals surface area (Å²) in [4.78, 5) is 40.4. The minimum atomic E-state index is -1.15. The predicted molar refractivity (Wildman–Crippen MR) is 132 cm³/mol. The lowest BCUT2D eigenvalue weighted by atomic mass is 10.0. The van der Waals surface area contributed by atoms with Gasteiger partial charge in [0.05, 0.1) is 5.69 Å². The zero-order chi connectivity index (χ0) is 24.5. The van der Waals surface area contributed by atoms with Crippen LogP contribution >= 0.6 is 0 Å². The van der Waals surface area contributed by atoms with Gasteiger partial charge in [-0.15, -0.1) is 0 Å². The number of carbonyl (C=O) groups is 3. The standard InChI is InChI=1S/C27H27N3O4/c1-17-9-5-7-11-20(17)28-24(31)16-30-22-15-19(13-14-23(22)34-27(3,4)26(30)33)25(32)29-21-12-8-6-10-18(21)2/h5-15H,16H2,1-4H3,(H,28,31)(H,29,32). The monoisotopic (exact) mass is 457 g/mol. The highest BCUT2D eigenvalue weighted by atomic mass is 16.5. The topological polar surface area (TPSA) is 87.7 Å². The second kappa shape index (κ2) is 9.02. The second-order valence-electron chi connectivity index (χ2n) is 8.82. The molecule has 174 valence electrons. The summed E-state index contributed by atoms with van der Waals surface area (Å²) in [5, 5.41) is 5.75. The first-order valence-corrected chi connectivity index (χ1v) is 11.0. The Balaban J connectivity index is 1.62. The molecule has 0 radical (unpaired) electrons. The van der Waals surface area contributed by atoms with E-state index in [1.165, 1.54) is 4.90 Å². The number of rotatable bonds is 5. The van der Waals surface area contributed by atoms with Gasteiger partial charge in [0.15, 0.2) is 5.60 Å². The van der Waals surface area contributed by atoms with E-state index >= 15 is 0 Å². The number of para-hydroxylation sites is 2. The van der Waals surface area contributed by atoms with Gasteiger partial charge in [-0.1, -0.05) is 36.4 Å². The molecule has 3 aromatic carbocycles.